The first kappa shape index (κ1) is 24.6. The van der Waals surface area contributed by atoms with Gasteiger partial charge in [-0.2, -0.15) is 0 Å². The number of fused-ring (bicyclic) bond motifs is 4. The molecule has 4 aliphatic carbocycles. The lowest BCUT2D eigenvalue weighted by atomic mass is 9.39. The number of hydrogen-bond acceptors (Lipinski definition) is 1. The normalized spacial score (nSPS) is 44.2. The van der Waals surface area contributed by atoms with Gasteiger partial charge in [-0.1, -0.05) is 70.8 Å². The van der Waals surface area contributed by atoms with E-state index in [4.69, 9.17) is 0 Å². The fourth-order valence-corrected chi connectivity index (χ4v) is 9.70. The maximum atomic E-state index is 10.8. The molecule has 2 fully saturated rings. The molecule has 0 unspecified atom stereocenters. The van der Waals surface area contributed by atoms with Gasteiger partial charge in [0.2, 0.25) is 0 Å². The molecule has 1 heteroatoms. The van der Waals surface area contributed by atoms with Crippen molar-refractivity contribution in [2.75, 3.05) is 0 Å². The summed E-state index contributed by atoms with van der Waals surface area (Å²) in [5, 5.41) is 10.8. The van der Waals surface area contributed by atoms with Crippen LogP contribution < -0.4 is 0 Å². The van der Waals surface area contributed by atoms with Crippen molar-refractivity contribution in [1.82, 2.24) is 0 Å². The summed E-state index contributed by atoms with van der Waals surface area (Å²) in [5.74, 6) is 2.30. The van der Waals surface area contributed by atoms with Crippen molar-refractivity contribution < 1.29 is 5.11 Å². The van der Waals surface area contributed by atoms with Crippen LogP contribution in [-0.2, 0) is 0 Å². The Balaban J connectivity index is 1.68. The predicted octanol–water partition coefficient (Wildman–Crippen LogP) is 8.87. The molecule has 2 saturated carbocycles. The molecule has 4 rings (SSSR count). The van der Waals surface area contributed by atoms with Crippen LogP contribution in [0.25, 0.3) is 0 Å². The van der Waals surface area contributed by atoms with E-state index in [2.05, 4.69) is 61.5 Å². The average Bonchev–Trinajstić information content (AvgIpc) is 2.71. The third kappa shape index (κ3) is 3.50. The van der Waals surface area contributed by atoms with E-state index in [1.54, 1.807) is 0 Å². The molecule has 0 aliphatic heterocycles. The Morgan fingerprint density at radius 2 is 1.69 bits per heavy atom. The fourth-order valence-electron chi connectivity index (χ4n) is 9.70. The SMILES string of the molecule is CC(C)=CCC[C@@H](C)[C@@H]1CCC[C@]2(C)C3=C(CC[C@@]12C)[C@@]1(C)CC[C@H](O)C(C)(C)[C@@H]1CC3. The fraction of sp³-hybridized carbons (Fsp3) is 0.871. The molecule has 0 aromatic carbocycles. The van der Waals surface area contributed by atoms with Crippen molar-refractivity contribution in [3.63, 3.8) is 0 Å². The second-order valence-electron chi connectivity index (χ2n) is 13.9. The van der Waals surface area contributed by atoms with Crippen molar-refractivity contribution in [1.29, 1.82) is 0 Å². The molecule has 0 spiro atoms. The maximum Gasteiger partial charge on any atom is 0.0594 e. The molecule has 0 aromatic rings. The summed E-state index contributed by atoms with van der Waals surface area (Å²) in [7, 11) is 0. The Hall–Kier alpha value is -0.560. The smallest absolute Gasteiger partial charge is 0.0594 e. The largest absolute Gasteiger partial charge is 0.393 e. The summed E-state index contributed by atoms with van der Waals surface area (Å²) in [6.07, 6.45) is 16.6. The van der Waals surface area contributed by atoms with Gasteiger partial charge in [-0.25, -0.2) is 0 Å². The lowest BCUT2D eigenvalue weighted by Crippen LogP contribution is -2.57. The van der Waals surface area contributed by atoms with Crippen LogP contribution in [0.5, 0.6) is 0 Å². The van der Waals surface area contributed by atoms with Gasteiger partial charge in [0.1, 0.15) is 0 Å². The van der Waals surface area contributed by atoms with Crippen LogP contribution in [0, 0.1) is 39.4 Å². The Morgan fingerprint density at radius 3 is 2.38 bits per heavy atom. The van der Waals surface area contributed by atoms with Gasteiger partial charge in [0.05, 0.1) is 6.10 Å². The minimum atomic E-state index is -0.132. The Morgan fingerprint density at radius 1 is 0.969 bits per heavy atom. The van der Waals surface area contributed by atoms with Crippen LogP contribution in [0.4, 0.5) is 0 Å². The van der Waals surface area contributed by atoms with Gasteiger partial charge < -0.3 is 5.11 Å². The van der Waals surface area contributed by atoms with Gasteiger partial charge in [-0.3, -0.25) is 0 Å². The average molecular weight is 441 g/mol. The van der Waals surface area contributed by atoms with Gasteiger partial charge in [0.25, 0.3) is 0 Å². The molecule has 0 heterocycles. The highest BCUT2D eigenvalue weighted by Gasteiger charge is 2.61. The lowest BCUT2D eigenvalue weighted by molar-refractivity contribution is -0.107. The topological polar surface area (TPSA) is 20.2 Å². The molecular weight excluding hydrogens is 388 g/mol. The van der Waals surface area contributed by atoms with Crippen molar-refractivity contribution in [3.05, 3.63) is 22.8 Å². The zero-order chi connectivity index (χ0) is 23.5. The molecule has 4 aliphatic rings. The van der Waals surface area contributed by atoms with Crippen molar-refractivity contribution >= 4 is 0 Å². The van der Waals surface area contributed by atoms with Gasteiger partial charge in [0, 0.05) is 0 Å². The molecule has 0 amide bonds. The van der Waals surface area contributed by atoms with E-state index in [0.29, 0.717) is 22.2 Å². The van der Waals surface area contributed by atoms with Gasteiger partial charge in [0.15, 0.2) is 0 Å². The summed E-state index contributed by atoms with van der Waals surface area (Å²) >= 11 is 0. The van der Waals surface area contributed by atoms with E-state index >= 15 is 0 Å². The van der Waals surface area contributed by atoms with Crippen LogP contribution in [-0.4, -0.2) is 11.2 Å². The van der Waals surface area contributed by atoms with Gasteiger partial charge in [-0.15, -0.1) is 0 Å². The zero-order valence-electron chi connectivity index (χ0n) is 22.6. The molecule has 0 aromatic heterocycles. The molecule has 0 radical (unpaired) electrons. The summed E-state index contributed by atoms with van der Waals surface area (Å²) in [6.45, 7) is 19.7. The van der Waals surface area contributed by atoms with Crippen LogP contribution >= 0.6 is 0 Å². The molecule has 1 N–H and O–H groups in total. The monoisotopic (exact) mass is 440 g/mol. The van der Waals surface area contributed by atoms with E-state index in [1.807, 2.05) is 11.1 Å². The molecule has 7 atom stereocenters. The van der Waals surface area contributed by atoms with E-state index < -0.39 is 0 Å². The zero-order valence-corrected chi connectivity index (χ0v) is 22.6. The molecule has 0 saturated heterocycles. The standard InChI is InChI=1S/C31H52O/c1-21(2)11-9-12-22(3)23-13-10-18-30(7)25-14-15-26-28(4,5)27(32)17-19-29(26,6)24(25)16-20-31(23,30)8/h11,22-23,26-27,32H,9-10,12-20H2,1-8H3/t22-,23+,26+,27+,29-,30-,31+/m1/s1. The first-order valence-corrected chi connectivity index (χ1v) is 13.9. The summed E-state index contributed by atoms with van der Waals surface area (Å²) in [6, 6.07) is 0. The molecule has 32 heavy (non-hydrogen) atoms. The van der Waals surface area contributed by atoms with E-state index in [9.17, 15) is 5.11 Å². The van der Waals surface area contributed by atoms with Crippen LogP contribution in [0.2, 0.25) is 0 Å². The van der Waals surface area contributed by atoms with E-state index in [-0.39, 0.29) is 11.5 Å². The first-order chi connectivity index (χ1) is 14.9. The highest BCUT2D eigenvalue weighted by atomic mass is 16.3. The minimum absolute atomic E-state index is 0.0434. The number of hydrogen-bond donors (Lipinski definition) is 1. The predicted molar refractivity (Wildman–Crippen MR) is 137 cm³/mol. The lowest BCUT2D eigenvalue weighted by Gasteiger charge is -2.65. The number of rotatable bonds is 4. The molecular formula is C31H52O. The maximum absolute atomic E-state index is 10.8. The summed E-state index contributed by atoms with van der Waals surface area (Å²) < 4.78 is 0. The van der Waals surface area contributed by atoms with E-state index in [0.717, 1.165) is 18.3 Å². The molecule has 0 bridgehead atoms. The third-order valence-corrected chi connectivity index (χ3v) is 11.9. The first-order valence-electron chi connectivity index (χ1n) is 13.9. The highest BCUT2D eigenvalue weighted by molar-refractivity contribution is 5.38. The second kappa shape index (κ2) is 8.28. The minimum Gasteiger partial charge on any atom is -0.393 e. The molecule has 1 nitrogen and oxygen atoms in total. The number of aliphatic hydroxyl groups is 1. The van der Waals surface area contributed by atoms with E-state index in [1.165, 1.54) is 69.8 Å². The highest BCUT2D eigenvalue weighted by Crippen LogP contribution is 2.71. The Bertz CT molecular complexity index is 782. The summed E-state index contributed by atoms with van der Waals surface area (Å²) in [4.78, 5) is 0. The quantitative estimate of drug-likeness (QED) is 0.433. The molecule has 182 valence electrons. The van der Waals surface area contributed by atoms with Gasteiger partial charge in [-0.05, 0) is 117 Å². The van der Waals surface area contributed by atoms with Crippen LogP contribution in [0.15, 0.2) is 22.8 Å². The van der Waals surface area contributed by atoms with Crippen LogP contribution in [0.1, 0.15) is 126 Å². The number of aliphatic hydroxyl groups excluding tert-OH is 1. The van der Waals surface area contributed by atoms with Crippen molar-refractivity contribution in [2.24, 2.45) is 39.4 Å². The Labute approximate surface area is 199 Å². The van der Waals surface area contributed by atoms with Gasteiger partial charge >= 0.3 is 0 Å². The summed E-state index contributed by atoms with van der Waals surface area (Å²) in [5.41, 5.74) is 6.38. The van der Waals surface area contributed by atoms with Crippen molar-refractivity contribution in [2.45, 2.75) is 132 Å². The number of allylic oxidation sites excluding steroid dienone is 4. The Kier molecular flexibility index (Phi) is 6.36. The second-order valence-corrected chi connectivity index (χ2v) is 13.9. The van der Waals surface area contributed by atoms with Crippen LogP contribution in [0.3, 0.4) is 0 Å². The van der Waals surface area contributed by atoms with Crippen molar-refractivity contribution in [3.8, 4) is 0 Å². The third-order valence-electron chi connectivity index (χ3n) is 11.9.